The number of carboxylic acids is 1. The van der Waals surface area contributed by atoms with E-state index in [-0.39, 0.29) is 17.9 Å². The Morgan fingerprint density at radius 1 is 1.28 bits per heavy atom. The van der Waals surface area contributed by atoms with E-state index in [0.29, 0.717) is 18.3 Å². The van der Waals surface area contributed by atoms with Crippen molar-refractivity contribution in [2.24, 2.45) is 17.3 Å². The predicted octanol–water partition coefficient (Wildman–Crippen LogP) is 5.30. The maximum absolute atomic E-state index is 10.5. The van der Waals surface area contributed by atoms with Crippen molar-refractivity contribution in [1.82, 2.24) is 0 Å². The average molecular weight is 369 g/mol. The number of carboxylic acid groups (broad SMARTS) is 1. The minimum Gasteiger partial charge on any atom is -0.481 e. The SMILES string of the molecule is CCCCC(C)(C)C(O)C=C[C@@H]1CSC[C@@H]1CC=CCCCC(=O)O. The maximum Gasteiger partial charge on any atom is 0.303 e. The second kappa shape index (κ2) is 11.8. The highest BCUT2D eigenvalue weighted by molar-refractivity contribution is 7.99. The first-order valence-corrected chi connectivity index (χ1v) is 10.8. The Labute approximate surface area is 158 Å². The molecule has 0 spiro atoms. The van der Waals surface area contributed by atoms with Gasteiger partial charge in [-0.15, -0.1) is 0 Å². The zero-order valence-corrected chi connectivity index (χ0v) is 16.9. The lowest BCUT2D eigenvalue weighted by Gasteiger charge is -2.29. The molecule has 0 aromatic carbocycles. The summed E-state index contributed by atoms with van der Waals surface area (Å²) in [5, 5.41) is 19.1. The first-order chi connectivity index (χ1) is 11.9. The van der Waals surface area contributed by atoms with Crippen LogP contribution in [0.2, 0.25) is 0 Å². The molecule has 0 amide bonds. The molecule has 144 valence electrons. The van der Waals surface area contributed by atoms with Crippen molar-refractivity contribution in [1.29, 1.82) is 0 Å². The standard InChI is InChI=1S/C21H36O3S/c1-4-5-14-21(2,3)19(22)13-12-18-16-25-15-17(18)10-8-6-7-9-11-20(23)24/h6,8,12-13,17-19,22H,4-5,7,9-11,14-16H2,1-3H3,(H,23,24)/t17-,18+,19?/m0/s1. The van der Waals surface area contributed by atoms with Crippen LogP contribution in [0.3, 0.4) is 0 Å². The zero-order valence-electron chi connectivity index (χ0n) is 16.1. The average Bonchev–Trinajstić information content (AvgIpc) is 3.01. The van der Waals surface area contributed by atoms with Crippen molar-refractivity contribution in [3.63, 3.8) is 0 Å². The van der Waals surface area contributed by atoms with E-state index in [1.54, 1.807) is 0 Å². The van der Waals surface area contributed by atoms with Crippen LogP contribution in [-0.2, 0) is 4.79 Å². The summed E-state index contributed by atoms with van der Waals surface area (Å²) >= 11 is 1.99. The van der Waals surface area contributed by atoms with Crippen LogP contribution in [0.4, 0.5) is 0 Å². The molecular weight excluding hydrogens is 332 g/mol. The fourth-order valence-electron chi connectivity index (χ4n) is 3.12. The molecule has 0 bridgehead atoms. The molecular formula is C21H36O3S. The summed E-state index contributed by atoms with van der Waals surface area (Å²) in [4.78, 5) is 10.5. The van der Waals surface area contributed by atoms with Gasteiger partial charge in [0, 0.05) is 6.42 Å². The van der Waals surface area contributed by atoms with Gasteiger partial charge in [-0.2, -0.15) is 11.8 Å². The molecule has 0 saturated carbocycles. The lowest BCUT2D eigenvalue weighted by Crippen LogP contribution is -2.27. The first-order valence-electron chi connectivity index (χ1n) is 9.67. The fraction of sp³-hybridized carbons (Fsp3) is 0.762. The van der Waals surface area contributed by atoms with Gasteiger partial charge in [-0.05, 0) is 54.4 Å². The van der Waals surface area contributed by atoms with Crippen LogP contribution in [0, 0.1) is 17.3 Å². The summed E-state index contributed by atoms with van der Waals surface area (Å²) in [5.74, 6) is 2.75. The van der Waals surface area contributed by atoms with Gasteiger partial charge in [-0.1, -0.05) is 57.9 Å². The molecule has 1 aliphatic heterocycles. The van der Waals surface area contributed by atoms with E-state index in [4.69, 9.17) is 5.11 Å². The van der Waals surface area contributed by atoms with Crippen LogP contribution in [0.5, 0.6) is 0 Å². The fourth-order valence-corrected chi connectivity index (χ4v) is 4.60. The summed E-state index contributed by atoms with van der Waals surface area (Å²) in [6, 6.07) is 0. The summed E-state index contributed by atoms with van der Waals surface area (Å²) in [5.41, 5.74) is -0.0577. The van der Waals surface area contributed by atoms with Crippen LogP contribution in [0.25, 0.3) is 0 Å². The van der Waals surface area contributed by atoms with Crippen LogP contribution in [0.1, 0.15) is 65.7 Å². The molecule has 1 fully saturated rings. The molecule has 0 radical (unpaired) electrons. The van der Waals surface area contributed by atoms with Gasteiger partial charge in [0.05, 0.1) is 6.10 Å². The number of carbonyl (C=O) groups is 1. The minimum absolute atomic E-state index is 0.0577. The number of aliphatic hydroxyl groups excluding tert-OH is 1. The number of unbranched alkanes of at least 4 members (excludes halogenated alkanes) is 2. The molecule has 1 aliphatic rings. The number of aliphatic hydroxyl groups is 1. The molecule has 0 aromatic heterocycles. The van der Waals surface area contributed by atoms with Crippen LogP contribution in [0.15, 0.2) is 24.3 Å². The minimum atomic E-state index is -0.716. The van der Waals surface area contributed by atoms with Gasteiger partial charge < -0.3 is 10.2 Å². The van der Waals surface area contributed by atoms with Crippen LogP contribution >= 0.6 is 11.8 Å². The highest BCUT2D eigenvalue weighted by Gasteiger charge is 2.28. The summed E-state index contributed by atoms with van der Waals surface area (Å²) < 4.78 is 0. The Morgan fingerprint density at radius 2 is 2.04 bits per heavy atom. The topological polar surface area (TPSA) is 57.5 Å². The summed E-state index contributed by atoms with van der Waals surface area (Å²) in [7, 11) is 0. The number of hydrogen-bond acceptors (Lipinski definition) is 3. The third-order valence-electron chi connectivity index (χ3n) is 5.13. The molecule has 1 rings (SSSR count). The van der Waals surface area contributed by atoms with Crippen molar-refractivity contribution in [3.8, 4) is 0 Å². The normalized spacial score (nSPS) is 22.9. The first kappa shape index (κ1) is 22.3. The van der Waals surface area contributed by atoms with E-state index in [9.17, 15) is 9.90 Å². The maximum atomic E-state index is 10.5. The van der Waals surface area contributed by atoms with Crippen molar-refractivity contribution >= 4 is 17.7 Å². The third kappa shape index (κ3) is 8.96. The Balaban J connectivity index is 2.41. The van der Waals surface area contributed by atoms with Gasteiger partial charge in [0.25, 0.3) is 0 Å². The molecule has 0 aromatic rings. The van der Waals surface area contributed by atoms with Gasteiger partial charge in [0.15, 0.2) is 0 Å². The van der Waals surface area contributed by atoms with E-state index in [2.05, 4.69) is 39.0 Å². The highest BCUT2D eigenvalue weighted by Crippen LogP contribution is 2.35. The van der Waals surface area contributed by atoms with Crippen LogP contribution < -0.4 is 0 Å². The molecule has 4 heteroatoms. The summed E-state index contributed by atoms with van der Waals surface area (Å²) in [6.07, 6.45) is 14.4. The van der Waals surface area contributed by atoms with Crippen LogP contribution in [-0.4, -0.2) is 33.8 Å². The monoisotopic (exact) mass is 368 g/mol. The van der Waals surface area contributed by atoms with Crippen molar-refractivity contribution in [2.45, 2.75) is 71.8 Å². The molecule has 1 heterocycles. The molecule has 1 saturated heterocycles. The van der Waals surface area contributed by atoms with E-state index in [0.717, 1.165) is 31.4 Å². The van der Waals surface area contributed by atoms with Crippen molar-refractivity contribution in [2.75, 3.05) is 11.5 Å². The Kier molecular flexibility index (Phi) is 10.5. The predicted molar refractivity (Wildman–Crippen MR) is 108 cm³/mol. The van der Waals surface area contributed by atoms with E-state index in [1.807, 2.05) is 17.8 Å². The third-order valence-corrected chi connectivity index (χ3v) is 6.42. The Bertz CT molecular complexity index is 442. The van der Waals surface area contributed by atoms with Gasteiger partial charge >= 0.3 is 5.97 Å². The zero-order chi connectivity index (χ0) is 18.7. The molecule has 25 heavy (non-hydrogen) atoms. The lowest BCUT2D eigenvalue weighted by molar-refractivity contribution is -0.137. The largest absolute Gasteiger partial charge is 0.481 e. The Hall–Kier alpha value is -0.740. The number of hydrogen-bond donors (Lipinski definition) is 2. The number of rotatable bonds is 12. The number of allylic oxidation sites excluding steroid dienone is 3. The van der Waals surface area contributed by atoms with Crippen molar-refractivity contribution in [3.05, 3.63) is 24.3 Å². The van der Waals surface area contributed by atoms with E-state index < -0.39 is 5.97 Å². The second-order valence-electron chi connectivity index (χ2n) is 7.88. The van der Waals surface area contributed by atoms with Gasteiger partial charge in [-0.3, -0.25) is 4.79 Å². The van der Waals surface area contributed by atoms with Crippen molar-refractivity contribution < 1.29 is 15.0 Å². The van der Waals surface area contributed by atoms with Gasteiger partial charge in [0.2, 0.25) is 0 Å². The molecule has 0 aliphatic carbocycles. The smallest absolute Gasteiger partial charge is 0.303 e. The molecule has 3 atom stereocenters. The summed E-state index contributed by atoms with van der Waals surface area (Å²) in [6.45, 7) is 6.49. The quantitative estimate of drug-likeness (QED) is 0.362. The van der Waals surface area contributed by atoms with E-state index in [1.165, 1.54) is 12.2 Å². The Morgan fingerprint density at radius 3 is 2.72 bits per heavy atom. The molecule has 2 N–H and O–H groups in total. The van der Waals surface area contributed by atoms with Gasteiger partial charge in [-0.25, -0.2) is 0 Å². The van der Waals surface area contributed by atoms with E-state index >= 15 is 0 Å². The number of aliphatic carboxylic acids is 1. The second-order valence-corrected chi connectivity index (χ2v) is 8.95. The highest BCUT2D eigenvalue weighted by atomic mass is 32.2. The lowest BCUT2D eigenvalue weighted by atomic mass is 9.80. The molecule has 1 unspecified atom stereocenters. The van der Waals surface area contributed by atoms with Gasteiger partial charge in [0.1, 0.15) is 0 Å². The molecule has 3 nitrogen and oxygen atoms in total. The number of thioether (sulfide) groups is 1.